The van der Waals surface area contributed by atoms with Crippen LogP contribution in [0.15, 0.2) is 174 Å². The zero-order valence-corrected chi connectivity index (χ0v) is 37.9. The second-order valence-electron chi connectivity index (χ2n) is 17.7. The molecular formula is C56H38B2N6S2. The van der Waals surface area contributed by atoms with Crippen LogP contribution in [0.25, 0.3) is 66.0 Å². The van der Waals surface area contributed by atoms with E-state index in [9.17, 15) is 0 Å². The molecule has 0 N–H and O–H groups in total. The number of thiophene rings is 2. The second-order valence-corrected chi connectivity index (χ2v) is 19.6. The van der Waals surface area contributed by atoms with Crippen molar-refractivity contribution >= 4 is 59.3 Å². The van der Waals surface area contributed by atoms with Crippen molar-refractivity contribution in [2.75, 3.05) is 0 Å². The van der Waals surface area contributed by atoms with Crippen molar-refractivity contribution in [1.29, 1.82) is 0 Å². The standard InChI is InChI=1S/C56H38B2N6S2/c1-55(35-13-5-3-6-14-35)41-29-33(49-59-51(45-17-9-25-57-45)63-52(60-49)46-18-10-26-58-46)21-23-37(41)39-31-44-40(32-43(39)55)38-24-22-34(30-42(38)56(44,2)36-15-7-4-8-16-36)50-61-53(47-19-11-27-65-47)64-54(62-50)48-20-12-28-66-48/h3-21,23,25-32H,22,24H2,1-2H3. The summed E-state index contributed by atoms with van der Waals surface area (Å²) >= 11 is 3.31. The topological polar surface area (TPSA) is 77.3 Å². The van der Waals surface area contributed by atoms with Crippen LogP contribution in [-0.4, -0.2) is 44.5 Å². The van der Waals surface area contributed by atoms with Crippen molar-refractivity contribution in [3.63, 3.8) is 0 Å². The first-order valence-electron chi connectivity index (χ1n) is 22.4. The average molecular weight is 881 g/mol. The molecule has 6 heterocycles. The number of hydrogen-bond acceptors (Lipinski definition) is 8. The molecule has 66 heavy (non-hydrogen) atoms. The first-order valence-corrected chi connectivity index (χ1v) is 24.1. The molecule has 5 aliphatic rings. The molecule has 0 spiro atoms. The van der Waals surface area contributed by atoms with Gasteiger partial charge < -0.3 is 0 Å². The summed E-state index contributed by atoms with van der Waals surface area (Å²) in [4.78, 5) is 32.6. The van der Waals surface area contributed by atoms with Crippen LogP contribution in [-0.2, 0) is 10.8 Å². The molecule has 4 aromatic carbocycles. The van der Waals surface area contributed by atoms with Gasteiger partial charge in [0.2, 0.25) is 0 Å². The lowest BCUT2D eigenvalue weighted by molar-refractivity contribution is 0.698. The zero-order chi connectivity index (χ0) is 44.0. The van der Waals surface area contributed by atoms with E-state index >= 15 is 0 Å². The minimum absolute atomic E-state index is 0.433. The maximum Gasteiger partial charge on any atom is 0.186 e. The fraction of sp³-hybridized carbons (Fsp3) is 0.107. The third-order valence-electron chi connectivity index (χ3n) is 14.1. The molecule has 2 atom stereocenters. The highest BCUT2D eigenvalue weighted by Crippen LogP contribution is 2.60. The number of aromatic nitrogens is 6. The predicted molar refractivity (Wildman–Crippen MR) is 272 cm³/mol. The van der Waals surface area contributed by atoms with E-state index in [-0.39, 0.29) is 0 Å². The van der Waals surface area contributed by atoms with Crippen LogP contribution in [0.4, 0.5) is 0 Å². The Morgan fingerprint density at radius 3 is 1.62 bits per heavy atom. The van der Waals surface area contributed by atoms with Gasteiger partial charge in [-0.05, 0) is 140 Å². The van der Waals surface area contributed by atoms with Crippen LogP contribution in [0.1, 0.15) is 77.5 Å². The van der Waals surface area contributed by atoms with Crippen LogP contribution < -0.4 is 0 Å². The highest BCUT2D eigenvalue weighted by molar-refractivity contribution is 7.13. The smallest absolute Gasteiger partial charge is 0.186 e. The number of benzene rings is 4. The lowest BCUT2D eigenvalue weighted by Crippen LogP contribution is -2.25. The lowest BCUT2D eigenvalue weighted by Gasteiger charge is -2.32. The third kappa shape index (κ3) is 6.08. The summed E-state index contributed by atoms with van der Waals surface area (Å²) in [7, 11) is 4.12. The van der Waals surface area contributed by atoms with Crippen molar-refractivity contribution in [3.05, 3.63) is 225 Å². The molecule has 2 radical (unpaired) electrons. The number of nitrogens with zero attached hydrogens (tertiary/aromatic N) is 6. The molecule has 2 unspecified atom stereocenters. The minimum atomic E-state index is -0.462. The molecule has 13 rings (SSSR count). The Labute approximate surface area is 393 Å². The molecule has 2 aliphatic heterocycles. The Morgan fingerprint density at radius 2 is 1.03 bits per heavy atom. The highest BCUT2D eigenvalue weighted by Gasteiger charge is 2.48. The molecule has 8 aromatic rings. The summed E-state index contributed by atoms with van der Waals surface area (Å²) in [6, 6.07) is 42.2. The summed E-state index contributed by atoms with van der Waals surface area (Å²) in [6.45, 7) is 4.82. The van der Waals surface area contributed by atoms with E-state index in [1.54, 1.807) is 22.7 Å². The first kappa shape index (κ1) is 39.3. The molecule has 4 aromatic heterocycles. The molecular weight excluding hydrogens is 842 g/mol. The van der Waals surface area contributed by atoms with Gasteiger partial charge in [-0.1, -0.05) is 115 Å². The van der Waals surface area contributed by atoms with Gasteiger partial charge in [0.25, 0.3) is 0 Å². The van der Waals surface area contributed by atoms with E-state index < -0.39 is 10.8 Å². The maximum absolute atomic E-state index is 5.18. The fourth-order valence-electron chi connectivity index (χ4n) is 10.7. The monoisotopic (exact) mass is 880 g/mol. The number of hydrogen-bond donors (Lipinski definition) is 0. The van der Waals surface area contributed by atoms with Gasteiger partial charge >= 0.3 is 0 Å². The van der Waals surface area contributed by atoms with Crippen LogP contribution in [0.3, 0.4) is 0 Å². The average Bonchev–Trinajstić information content (AvgIpc) is 4.25. The lowest BCUT2D eigenvalue weighted by atomic mass is 9.70. The molecule has 3 aliphatic carbocycles. The highest BCUT2D eigenvalue weighted by atomic mass is 32.1. The molecule has 0 fully saturated rings. The van der Waals surface area contributed by atoms with Gasteiger partial charge in [-0.2, -0.15) is 0 Å². The summed E-state index contributed by atoms with van der Waals surface area (Å²) < 4.78 is 0. The number of fused-ring (bicyclic) bond motifs is 5. The van der Waals surface area contributed by atoms with E-state index in [1.165, 1.54) is 55.7 Å². The fourth-order valence-corrected chi connectivity index (χ4v) is 12.0. The Hall–Kier alpha value is -7.13. The first-order chi connectivity index (χ1) is 32.4. The molecule has 6 nitrogen and oxygen atoms in total. The minimum Gasteiger partial charge on any atom is -0.211 e. The normalized spacial score (nSPS) is 19.7. The SMILES string of the molecule is CC1(c2ccccc2)C2=C(CCC(c3nc(-c4cccs4)nc(-c4cccs4)n3)=C2)c2cc3c(cc21)-c1ccc(-c2nc(C4=CC=C[B]4)nc(C4=CC=C[B]4)n2)cc1C3(C)c1ccccc1. The van der Waals surface area contributed by atoms with E-state index in [1.807, 2.05) is 24.1 Å². The van der Waals surface area contributed by atoms with Crippen LogP contribution in [0.2, 0.25) is 0 Å². The Kier molecular flexibility index (Phi) is 9.06. The molecule has 0 bridgehead atoms. The van der Waals surface area contributed by atoms with Gasteiger partial charge in [0, 0.05) is 16.4 Å². The zero-order valence-electron chi connectivity index (χ0n) is 36.2. The van der Waals surface area contributed by atoms with Gasteiger partial charge in [-0.3, -0.25) is 0 Å². The summed E-state index contributed by atoms with van der Waals surface area (Å²) in [5.74, 6) is 8.25. The van der Waals surface area contributed by atoms with Gasteiger partial charge in [0.1, 0.15) is 0 Å². The quantitative estimate of drug-likeness (QED) is 0.142. The maximum atomic E-state index is 5.18. The van der Waals surface area contributed by atoms with Crippen LogP contribution >= 0.6 is 22.7 Å². The number of allylic oxidation sites excluding steroid dienone is 8. The molecule has 310 valence electrons. The summed E-state index contributed by atoms with van der Waals surface area (Å²) in [5, 5.41) is 4.16. The summed E-state index contributed by atoms with van der Waals surface area (Å²) in [6.07, 6.45) is 12.3. The largest absolute Gasteiger partial charge is 0.211 e. The van der Waals surface area contributed by atoms with E-state index in [2.05, 4.69) is 173 Å². The van der Waals surface area contributed by atoms with E-state index in [0.717, 1.165) is 62.2 Å². The van der Waals surface area contributed by atoms with Gasteiger partial charge in [-0.25, -0.2) is 29.9 Å². The van der Waals surface area contributed by atoms with Crippen molar-refractivity contribution < 1.29 is 0 Å². The molecule has 0 saturated carbocycles. The van der Waals surface area contributed by atoms with Crippen molar-refractivity contribution in [3.8, 4) is 43.9 Å². The molecule has 0 saturated heterocycles. The molecule has 0 amide bonds. The summed E-state index contributed by atoms with van der Waals surface area (Å²) in [5.41, 5.74) is 16.1. The van der Waals surface area contributed by atoms with Gasteiger partial charge in [0.15, 0.2) is 49.5 Å². The van der Waals surface area contributed by atoms with Gasteiger partial charge in [-0.15, -0.1) is 34.6 Å². The van der Waals surface area contributed by atoms with Crippen molar-refractivity contribution in [2.45, 2.75) is 37.5 Å². The van der Waals surface area contributed by atoms with E-state index in [0.29, 0.717) is 17.5 Å². The van der Waals surface area contributed by atoms with Gasteiger partial charge in [0.05, 0.1) is 9.75 Å². The number of rotatable bonds is 8. The van der Waals surface area contributed by atoms with Crippen LogP contribution in [0.5, 0.6) is 0 Å². The molecule has 10 heteroatoms. The predicted octanol–water partition coefficient (Wildman–Crippen LogP) is 12.6. The van der Waals surface area contributed by atoms with Crippen molar-refractivity contribution in [2.24, 2.45) is 0 Å². The Bertz CT molecular complexity index is 3400. The van der Waals surface area contributed by atoms with Crippen molar-refractivity contribution in [1.82, 2.24) is 29.9 Å². The second kappa shape index (κ2) is 15.2. The van der Waals surface area contributed by atoms with E-state index in [4.69, 9.17) is 29.9 Å². The Balaban J connectivity index is 0.988. The van der Waals surface area contributed by atoms with Crippen LogP contribution in [0, 0.1) is 0 Å². The Morgan fingerprint density at radius 1 is 0.485 bits per heavy atom. The third-order valence-corrected chi connectivity index (χ3v) is 15.8.